The van der Waals surface area contributed by atoms with Crippen molar-refractivity contribution in [1.29, 1.82) is 0 Å². The van der Waals surface area contributed by atoms with Crippen molar-refractivity contribution in [2.45, 2.75) is 12.7 Å². The summed E-state index contributed by atoms with van der Waals surface area (Å²) in [6, 6.07) is 10.0. The molecule has 0 N–H and O–H groups in total. The highest BCUT2D eigenvalue weighted by Gasteiger charge is 2.21. The van der Waals surface area contributed by atoms with Gasteiger partial charge in [0.15, 0.2) is 17.6 Å². The molecule has 5 nitrogen and oxygen atoms in total. The molecule has 23 heavy (non-hydrogen) atoms. The molecule has 0 aliphatic carbocycles. The topological polar surface area (TPSA) is 46.2 Å². The standard InChI is InChI=1S/C17H20O5S/c1-2-4-14(5-3-1)8-20-13-19-7-6-18-9-15-10-21-16-11-23-12-17(16)22-15/h1-5,11-12,15H,6-10,13H2. The minimum absolute atomic E-state index is 0.0635. The molecule has 0 bridgehead atoms. The second-order valence-corrected chi connectivity index (χ2v) is 5.83. The second-order valence-electron chi connectivity index (χ2n) is 5.09. The Morgan fingerprint density at radius 2 is 1.83 bits per heavy atom. The summed E-state index contributed by atoms with van der Waals surface area (Å²) in [7, 11) is 0. The van der Waals surface area contributed by atoms with Gasteiger partial charge in [-0.15, -0.1) is 11.3 Å². The Hall–Kier alpha value is -1.60. The normalized spacial score (nSPS) is 16.4. The van der Waals surface area contributed by atoms with Crippen molar-refractivity contribution in [3.63, 3.8) is 0 Å². The van der Waals surface area contributed by atoms with Crippen LogP contribution in [0.4, 0.5) is 0 Å². The molecular weight excluding hydrogens is 316 g/mol. The minimum Gasteiger partial charge on any atom is -0.485 e. The van der Waals surface area contributed by atoms with Gasteiger partial charge in [-0.2, -0.15) is 0 Å². The largest absolute Gasteiger partial charge is 0.485 e. The lowest BCUT2D eigenvalue weighted by molar-refractivity contribution is -0.0818. The van der Waals surface area contributed by atoms with E-state index < -0.39 is 0 Å². The van der Waals surface area contributed by atoms with Crippen LogP contribution in [-0.2, 0) is 20.8 Å². The molecule has 3 rings (SSSR count). The van der Waals surface area contributed by atoms with Gasteiger partial charge in [-0.25, -0.2) is 0 Å². The molecule has 0 saturated heterocycles. The fraction of sp³-hybridized carbons (Fsp3) is 0.412. The van der Waals surface area contributed by atoms with Crippen LogP contribution in [0.2, 0.25) is 0 Å². The van der Waals surface area contributed by atoms with Crippen LogP contribution in [0.1, 0.15) is 5.56 Å². The summed E-state index contributed by atoms with van der Waals surface area (Å²) in [6.07, 6.45) is -0.0635. The van der Waals surface area contributed by atoms with Crippen molar-refractivity contribution in [3.05, 3.63) is 46.7 Å². The molecule has 2 heterocycles. The van der Waals surface area contributed by atoms with Crippen molar-refractivity contribution in [2.75, 3.05) is 33.2 Å². The van der Waals surface area contributed by atoms with Crippen LogP contribution in [-0.4, -0.2) is 39.3 Å². The van der Waals surface area contributed by atoms with Crippen LogP contribution in [0.3, 0.4) is 0 Å². The zero-order valence-electron chi connectivity index (χ0n) is 12.8. The SMILES string of the molecule is c1ccc(COCOCCOCC2COc3cscc3O2)cc1. The van der Waals surface area contributed by atoms with Crippen LogP contribution < -0.4 is 9.47 Å². The van der Waals surface area contributed by atoms with E-state index in [0.717, 1.165) is 17.1 Å². The van der Waals surface area contributed by atoms with Crippen LogP contribution in [0.15, 0.2) is 41.1 Å². The first-order valence-corrected chi connectivity index (χ1v) is 8.49. The summed E-state index contributed by atoms with van der Waals surface area (Å²) in [5.41, 5.74) is 1.13. The number of hydrogen-bond acceptors (Lipinski definition) is 6. The summed E-state index contributed by atoms with van der Waals surface area (Å²) in [5.74, 6) is 1.63. The van der Waals surface area contributed by atoms with Crippen molar-refractivity contribution in [2.24, 2.45) is 0 Å². The molecule has 1 atom stereocenters. The first-order chi connectivity index (χ1) is 11.4. The molecule has 1 aromatic carbocycles. The van der Waals surface area contributed by atoms with E-state index in [2.05, 4.69) is 0 Å². The monoisotopic (exact) mass is 336 g/mol. The second kappa shape index (κ2) is 8.88. The average Bonchev–Trinajstić information content (AvgIpc) is 3.06. The summed E-state index contributed by atoms with van der Waals surface area (Å²) >= 11 is 1.57. The Morgan fingerprint density at radius 1 is 1.00 bits per heavy atom. The third kappa shape index (κ3) is 5.21. The zero-order chi connectivity index (χ0) is 15.7. The highest BCUT2D eigenvalue weighted by molar-refractivity contribution is 7.08. The molecule has 0 spiro atoms. The molecular formula is C17H20O5S. The fourth-order valence-electron chi connectivity index (χ4n) is 2.13. The molecule has 1 aliphatic heterocycles. The van der Waals surface area contributed by atoms with E-state index in [-0.39, 0.29) is 12.9 Å². The van der Waals surface area contributed by atoms with E-state index in [1.54, 1.807) is 11.3 Å². The maximum absolute atomic E-state index is 5.76. The zero-order valence-corrected chi connectivity index (χ0v) is 13.6. The predicted octanol–water partition coefficient (Wildman–Crippen LogP) is 3.10. The summed E-state index contributed by atoms with van der Waals surface area (Å²) in [4.78, 5) is 0. The van der Waals surface area contributed by atoms with Crippen molar-refractivity contribution in [1.82, 2.24) is 0 Å². The average molecular weight is 336 g/mol. The van der Waals surface area contributed by atoms with E-state index in [0.29, 0.717) is 33.0 Å². The number of thiophene rings is 1. The lowest BCUT2D eigenvalue weighted by Crippen LogP contribution is -2.33. The van der Waals surface area contributed by atoms with Gasteiger partial charge >= 0.3 is 0 Å². The van der Waals surface area contributed by atoms with Crippen molar-refractivity contribution < 1.29 is 23.7 Å². The highest BCUT2D eigenvalue weighted by atomic mass is 32.1. The number of fused-ring (bicyclic) bond motifs is 1. The number of benzene rings is 1. The summed E-state index contributed by atoms with van der Waals surface area (Å²) in [6.45, 7) is 2.82. The third-order valence-corrected chi connectivity index (χ3v) is 3.97. The van der Waals surface area contributed by atoms with Crippen LogP contribution in [0.5, 0.6) is 11.5 Å². The molecule has 0 amide bonds. The number of hydrogen-bond donors (Lipinski definition) is 0. The Bertz CT molecular complexity index is 571. The molecule has 2 aromatic rings. The Balaban J connectivity index is 1.19. The van der Waals surface area contributed by atoms with Gasteiger partial charge in [0, 0.05) is 10.8 Å². The van der Waals surface area contributed by atoms with E-state index in [1.807, 2.05) is 41.1 Å². The molecule has 1 aliphatic rings. The third-order valence-electron chi connectivity index (χ3n) is 3.27. The smallest absolute Gasteiger partial charge is 0.172 e. The van der Waals surface area contributed by atoms with Crippen molar-refractivity contribution >= 4 is 11.3 Å². The van der Waals surface area contributed by atoms with Gasteiger partial charge in [0.1, 0.15) is 13.4 Å². The van der Waals surface area contributed by atoms with Crippen LogP contribution >= 0.6 is 11.3 Å². The number of rotatable bonds is 9. The molecule has 6 heteroatoms. The van der Waals surface area contributed by atoms with Gasteiger partial charge < -0.3 is 23.7 Å². The molecule has 0 saturated carbocycles. The van der Waals surface area contributed by atoms with Gasteiger partial charge in [-0.3, -0.25) is 0 Å². The van der Waals surface area contributed by atoms with Gasteiger partial charge in [0.05, 0.1) is 26.4 Å². The quantitative estimate of drug-likeness (QED) is 0.520. The number of ether oxygens (including phenoxy) is 5. The van der Waals surface area contributed by atoms with Crippen molar-refractivity contribution in [3.8, 4) is 11.5 Å². The predicted molar refractivity (Wildman–Crippen MR) is 87.1 cm³/mol. The van der Waals surface area contributed by atoms with E-state index in [4.69, 9.17) is 23.7 Å². The lowest BCUT2D eigenvalue weighted by atomic mass is 10.2. The Kier molecular flexibility index (Phi) is 6.28. The lowest BCUT2D eigenvalue weighted by Gasteiger charge is -2.24. The first-order valence-electron chi connectivity index (χ1n) is 7.54. The van der Waals surface area contributed by atoms with Crippen LogP contribution in [0, 0.1) is 0 Å². The molecule has 1 aromatic heterocycles. The van der Waals surface area contributed by atoms with E-state index in [1.165, 1.54) is 0 Å². The summed E-state index contributed by atoms with van der Waals surface area (Å²) in [5, 5.41) is 3.88. The molecule has 1 unspecified atom stereocenters. The van der Waals surface area contributed by atoms with Gasteiger partial charge in [0.2, 0.25) is 0 Å². The summed E-state index contributed by atoms with van der Waals surface area (Å²) < 4.78 is 27.7. The minimum atomic E-state index is -0.0635. The first kappa shape index (κ1) is 16.3. The fourth-order valence-corrected chi connectivity index (χ4v) is 2.80. The van der Waals surface area contributed by atoms with Gasteiger partial charge in [-0.05, 0) is 5.56 Å². The molecule has 0 radical (unpaired) electrons. The van der Waals surface area contributed by atoms with E-state index >= 15 is 0 Å². The van der Waals surface area contributed by atoms with Gasteiger partial charge in [-0.1, -0.05) is 30.3 Å². The molecule has 124 valence electrons. The van der Waals surface area contributed by atoms with E-state index in [9.17, 15) is 0 Å². The molecule has 0 fully saturated rings. The Labute approximate surface area is 139 Å². The van der Waals surface area contributed by atoms with Crippen LogP contribution in [0.25, 0.3) is 0 Å². The maximum atomic E-state index is 5.76. The Morgan fingerprint density at radius 3 is 2.74 bits per heavy atom. The van der Waals surface area contributed by atoms with Gasteiger partial charge in [0.25, 0.3) is 0 Å². The maximum Gasteiger partial charge on any atom is 0.172 e. The highest BCUT2D eigenvalue weighted by Crippen LogP contribution is 2.35.